The standard InChI is InChI=1S/C7H15N.CH4.H2S/c1-6-4-3-5-7(2)8-6;;/h6-8H,3-5H2,1-2H3;1H4;1H2/t6-,7+;;. The van der Waals surface area contributed by atoms with Crippen LogP contribution in [0.25, 0.3) is 0 Å². The number of hydrogen-bond donors (Lipinski definition) is 1. The van der Waals surface area contributed by atoms with Crippen molar-refractivity contribution in [3.63, 3.8) is 0 Å². The minimum atomic E-state index is 0. The molecule has 64 valence electrons. The van der Waals surface area contributed by atoms with Gasteiger partial charge in [0.15, 0.2) is 0 Å². The Morgan fingerprint density at radius 1 is 1.10 bits per heavy atom. The van der Waals surface area contributed by atoms with Gasteiger partial charge in [-0.1, -0.05) is 13.8 Å². The first-order chi connectivity index (χ1) is 3.79. The van der Waals surface area contributed by atoms with E-state index in [4.69, 9.17) is 0 Å². The van der Waals surface area contributed by atoms with Crippen LogP contribution in [-0.2, 0) is 0 Å². The van der Waals surface area contributed by atoms with E-state index in [9.17, 15) is 0 Å². The van der Waals surface area contributed by atoms with Gasteiger partial charge in [-0.2, -0.15) is 13.5 Å². The molecule has 0 radical (unpaired) electrons. The second-order valence-corrected chi connectivity index (χ2v) is 2.90. The predicted octanol–water partition coefficient (Wildman–Crippen LogP) is 2.29. The summed E-state index contributed by atoms with van der Waals surface area (Å²) in [5.74, 6) is 0. The summed E-state index contributed by atoms with van der Waals surface area (Å²) >= 11 is 0. The Balaban J connectivity index is 0. The topological polar surface area (TPSA) is 12.0 Å². The lowest BCUT2D eigenvalue weighted by molar-refractivity contribution is 0.352. The molecule has 0 aromatic heterocycles. The van der Waals surface area contributed by atoms with Crippen LogP contribution in [0.4, 0.5) is 0 Å². The molecule has 0 unspecified atom stereocenters. The fourth-order valence-electron chi connectivity index (χ4n) is 1.38. The average molecular weight is 163 g/mol. The van der Waals surface area contributed by atoms with Gasteiger partial charge >= 0.3 is 0 Å². The van der Waals surface area contributed by atoms with E-state index in [-0.39, 0.29) is 20.9 Å². The molecular formula is C8H21NS. The van der Waals surface area contributed by atoms with Gasteiger partial charge in [-0.15, -0.1) is 0 Å². The van der Waals surface area contributed by atoms with Gasteiger partial charge in [-0.25, -0.2) is 0 Å². The van der Waals surface area contributed by atoms with E-state index < -0.39 is 0 Å². The van der Waals surface area contributed by atoms with Gasteiger partial charge in [0.05, 0.1) is 0 Å². The lowest BCUT2D eigenvalue weighted by Crippen LogP contribution is -2.38. The summed E-state index contributed by atoms with van der Waals surface area (Å²) in [6, 6.07) is 1.53. The van der Waals surface area contributed by atoms with Crippen LogP contribution in [0, 0.1) is 0 Å². The summed E-state index contributed by atoms with van der Waals surface area (Å²) in [4.78, 5) is 0. The van der Waals surface area contributed by atoms with E-state index in [1.165, 1.54) is 19.3 Å². The maximum absolute atomic E-state index is 3.48. The summed E-state index contributed by atoms with van der Waals surface area (Å²) in [5.41, 5.74) is 0. The molecule has 2 heteroatoms. The fraction of sp³-hybridized carbons (Fsp3) is 1.00. The Morgan fingerprint density at radius 3 is 1.70 bits per heavy atom. The molecule has 1 rings (SSSR count). The molecule has 10 heavy (non-hydrogen) atoms. The van der Waals surface area contributed by atoms with Crippen molar-refractivity contribution in [2.75, 3.05) is 0 Å². The smallest absolute Gasteiger partial charge is 0.00412 e. The first kappa shape index (κ1) is 12.9. The Bertz CT molecular complexity index is 67.7. The Kier molecular flexibility index (Phi) is 7.83. The number of rotatable bonds is 0. The Morgan fingerprint density at radius 2 is 1.50 bits per heavy atom. The molecule has 0 aliphatic carbocycles. The van der Waals surface area contributed by atoms with Crippen LogP contribution in [0.2, 0.25) is 0 Å². The molecule has 1 saturated heterocycles. The van der Waals surface area contributed by atoms with Crippen molar-refractivity contribution in [3.05, 3.63) is 0 Å². The van der Waals surface area contributed by atoms with Gasteiger partial charge in [0.1, 0.15) is 0 Å². The Labute approximate surface area is 72.0 Å². The van der Waals surface area contributed by atoms with Crippen LogP contribution in [0.5, 0.6) is 0 Å². The minimum Gasteiger partial charge on any atom is -0.312 e. The molecule has 0 aromatic rings. The summed E-state index contributed by atoms with van der Waals surface area (Å²) in [6.07, 6.45) is 4.14. The third-order valence-electron chi connectivity index (χ3n) is 1.84. The summed E-state index contributed by atoms with van der Waals surface area (Å²) in [7, 11) is 0. The maximum atomic E-state index is 3.48. The molecular weight excluding hydrogens is 142 g/mol. The van der Waals surface area contributed by atoms with Crippen LogP contribution in [-0.4, -0.2) is 12.1 Å². The van der Waals surface area contributed by atoms with Gasteiger partial charge in [0.25, 0.3) is 0 Å². The molecule has 0 bridgehead atoms. The average Bonchev–Trinajstić information content (AvgIpc) is 1.64. The van der Waals surface area contributed by atoms with Gasteiger partial charge in [-0.3, -0.25) is 0 Å². The molecule has 1 aliphatic heterocycles. The molecule has 1 aliphatic rings. The maximum Gasteiger partial charge on any atom is 0.00412 e. The molecule has 0 saturated carbocycles. The summed E-state index contributed by atoms with van der Waals surface area (Å²) < 4.78 is 0. The molecule has 1 heterocycles. The zero-order chi connectivity index (χ0) is 5.98. The van der Waals surface area contributed by atoms with Crippen LogP contribution in [0.3, 0.4) is 0 Å². The van der Waals surface area contributed by atoms with E-state index in [0.29, 0.717) is 0 Å². The number of nitrogens with one attached hydrogen (secondary N) is 1. The third kappa shape index (κ3) is 4.18. The fourth-order valence-corrected chi connectivity index (χ4v) is 1.38. The summed E-state index contributed by atoms with van der Waals surface area (Å²) in [6.45, 7) is 4.52. The van der Waals surface area contributed by atoms with Crippen LogP contribution >= 0.6 is 13.5 Å². The van der Waals surface area contributed by atoms with Crippen molar-refractivity contribution in [1.82, 2.24) is 5.32 Å². The first-order valence-electron chi connectivity index (χ1n) is 3.55. The second-order valence-electron chi connectivity index (χ2n) is 2.90. The van der Waals surface area contributed by atoms with Crippen molar-refractivity contribution >= 4 is 13.5 Å². The molecule has 0 amide bonds. The summed E-state index contributed by atoms with van der Waals surface area (Å²) in [5, 5.41) is 3.48. The quantitative estimate of drug-likeness (QED) is 0.578. The Hall–Kier alpha value is 0.310. The van der Waals surface area contributed by atoms with E-state index in [0.717, 1.165) is 12.1 Å². The highest BCUT2D eigenvalue weighted by Crippen LogP contribution is 2.10. The van der Waals surface area contributed by atoms with E-state index in [2.05, 4.69) is 19.2 Å². The molecule has 1 N–H and O–H groups in total. The van der Waals surface area contributed by atoms with Crippen molar-refractivity contribution in [2.24, 2.45) is 0 Å². The van der Waals surface area contributed by atoms with Gasteiger partial charge in [0, 0.05) is 12.1 Å². The van der Waals surface area contributed by atoms with Crippen LogP contribution < -0.4 is 5.32 Å². The highest BCUT2D eigenvalue weighted by Gasteiger charge is 2.11. The second kappa shape index (κ2) is 6.05. The number of hydrogen-bond acceptors (Lipinski definition) is 1. The lowest BCUT2D eigenvalue weighted by Gasteiger charge is -2.25. The zero-order valence-electron chi connectivity index (χ0n) is 6.28. The first-order valence-corrected chi connectivity index (χ1v) is 3.55. The molecule has 1 fully saturated rings. The minimum absolute atomic E-state index is 0. The predicted molar refractivity (Wildman–Crippen MR) is 53.0 cm³/mol. The third-order valence-corrected chi connectivity index (χ3v) is 1.84. The van der Waals surface area contributed by atoms with Gasteiger partial charge < -0.3 is 5.32 Å². The van der Waals surface area contributed by atoms with Crippen LogP contribution in [0.1, 0.15) is 40.5 Å². The normalized spacial score (nSPS) is 31.8. The largest absolute Gasteiger partial charge is 0.312 e. The SMILES string of the molecule is C.C[C@@H]1CCC[C@H](C)N1.S. The molecule has 0 aromatic carbocycles. The van der Waals surface area contributed by atoms with E-state index in [1.807, 2.05) is 0 Å². The zero-order valence-corrected chi connectivity index (χ0v) is 7.28. The van der Waals surface area contributed by atoms with E-state index >= 15 is 0 Å². The molecule has 1 nitrogen and oxygen atoms in total. The number of piperidine rings is 1. The lowest BCUT2D eigenvalue weighted by atomic mass is 10.0. The van der Waals surface area contributed by atoms with Crippen molar-refractivity contribution in [1.29, 1.82) is 0 Å². The molecule has 2 atom stereocenters. The molecule has 0 spiro atoms. The van der Waals surface area contributed by atoms with Crippen molar-refractivity contribution in [2.45, 2.75) is 52.6 Å². The van der Waals surface area contributed by atoms with Crippen molar-refractivity contribution < 1.29 is 0 Å². The van der Waals surface area contributed by atoms with E-state index in [1.54, 1.807) is 0 Å². The monoisotopic (exact) mass is 163 g/mol. The van der Waals surface area contributed by atoms with Crippen LogP contribution in [0.15, 0.2) is 0 Å². The highest BCUT2D eigenvalue weighted by atomic mass is 32.1. The van der Waals surface area contributed by atoms with Gasteiger partial charge in [-0.05, 0) is 26.7 Å². The van der Waals surface area contributed by atoms with Crippen molar-refractivity contribution in [3.8, 4) is 0 Å². The highest BCUT2D eigenvalue weighted by molar-refractivity contribution is 7.59. The van der Waals surface area contributed by atoms with Gasteiger partial charge in [0.2, 0.25) is 0 Å².